The molecule has 3 N–H and O–H groups in total. The van der Waals surface area contributed by atoms with Crippen molar-refractivity contribution in [1.82, 2.24) is 10.3 Å². The number of rotatable bonds is 3. The molecule has 1 amide bonds. The van der Waals surface area contributed by atoms with Crippen molar-refractivity contribution in [3.63, 3.8) is 0 Å². The van der Waals surface area contributed by atoms with Crippen LogP contribution in [0.3, 0.4) is 0 Å². The molecule has 4 nitrogen and oxygen atoms in total. The van der Waals surface area contributed by atoms with Gasteiger partial charge < -0.3 is 11.1 Å². The van der Waals surface area contributed by atoms with Gasteiger partial charge in [0.15, 0.2) is 0 Å². The molecule has 0 unspecified atom stereocenters. The average Bonchev–Trinajstić information content (AvgIpc) is 2.96. The first-order valence-corrected chi connectivity index (χ1v) is 6.64. The number of thiazole rings is 1. The fourth-order valence-electron chi connectivity index (χ4n) is 1.53. The van der Waals surface area contributed by atoms with E-state index in [0.29, 0.717) is 17.7 Å². The van der Waals surface area contributed by atoms with Crippen molar-refractivity contribution in [3.8, 4) is 11.8 Å². The van der Waals surface area contributed by atoms with Crippen molar-refractivity contribution in [2.45, 2.75) is 6.54 Å². The van der Waals surface area contributed by atoms with E-state index in [1.165, 1.54) is 11.3 Å². The number of carbonyl (C=O) groups excluding carboxylic acids is 1. The van der Waals surface area contributed by atoms with E-state index in [1.54, 1.807) is 18.3 Å². The van der Waals surface area contributed by atoms with Crippen LogP contribution >= 0.6 is 11.3 Å². The molecule has 0 spiro atoms. The van der Waals surface area contributed by atoms with Gasteiger partial charge in [-0.3, -0.25) is 4.79 Å². The van der Waals surface area contributed by atoms with Crippen LogP contribution < -0.4 is 11.1 Å². The lowest BCUT2D eigenvalue weighted by Crippen LogP contribution is -2.23. The minimum absolute atomic E-state index is 0.155. The molecule has 0 aliphatic carbocycles. The molecule has 0 saturated heterocycles. The van der Waals surface area contributed by atoms with Gasteiger partial charge in [0.2, 0.25) is 0 Å². The summed E-state index contributed by atoms with van der Waals surface area (Å²) in [7, 11) is 0. The van der Waals surface area contributed by atoms with Gasteiger partial charge in [-0.2, -0.15) is 0 Å². The number of hydrogen-bond acceptors (Lipinski definition) is 4. The third-order valence-corrected chi connectivity index (χ3v) is 3.16. The molecule has 0 aliphatic heterocycles. The molecule has 19 heavy (non-hydrogen) atoms. The summed E-state index contributed by atoms with van der Waals surface area (Å²) in [5.74, 6) is 5.50. The van der Waals surface area contributed by atoms with Crippen LogP contribution in [0.2, 0.25) is 0 Å². The van der Waals surface area contributed by atoms with Crippen molar-refractivity contribution < 1.29 is 4.79 Å². The van der Waals surface area contributed by atoms with E-state index in [1.807, 2.05) is 17.5 Å². The van der Waals surface area contributed by atoms with Crippen LogP contribution in [-0.4, -0.2) is 17.4 Å². The third-order valence-electron chi connectivity index (χ3n) is 2.38. The van der Waals surface area contributed by atoms with Crippen molar-refractivity contribution in [2.24, 2.45) is 5.73 Å². The van der Waals surface area contributed by atoms with Crippen molar-refractivity contribution >= 4 is 17.2 Å². The van der Waals surface area contributed by atoms with Gasteiger partial charge in [-0.25, -0.2) is 4.98 Å². The Morgan fingerprint density at radius 2 is 2.26 bits per heavy atom. The largest absolute Gasteiger partial charge is 0.345 e. The number of carbonyl (C=O) groups is 1. The van der Waals surface area contributed by atoms with Crippen molar-refractivity contribution in [1.29, 1.82) is 0 Å². The Hall–Kier alpha value is -2.16. The Kier molecular flexibility index (Phi) is 4.67. The van der Waals surface area contributed by atoms with E-state index in [2.05, 4.69) is 22.1 Å². The zero-order valence-corrected chi connectivity index (χ0v) is 11.0. The number of nitrogens with two attached hydrogens (primary N) is 1. The van der Waals surface area contributed by atoms with E-state index >= 15 is 0 Å². The number of aromatic nitrogens is 1. The summed E-state index contributed by atoms with van der Waals surface area (Å²) in [6.07, 6.45) is 1.72. The van der Waals surface area contributed by atoms with E-state index in [-0.39, 0.29) is 12.5 Å². The van der Waals surface area contributed by atoms with Gasteiger partial charge >= 0.3 is 0 Å². The number of benzene rings is 1. The summed E-state index contributed by atoms with van der Waals surface area (Å²) in [5, 5.41) is 5.58. The first-order valence-electron chi connectivity index (χ1n) is 5.76. The average molecular weight is 271 g/mol. The van der Waals surface area contributed by atoms with Crippen LogP contribution in [0.15, 0.2) is 35.8 Å². The Balaban J connectivity index is 2.10. The first kappa shape index (κ1) is 13.3. The van der Waals surface area contributed by atoms with Gasteiger partial charge in [-0.1, -0.05) is 24.0 Å². The molecule has 0 saturated carbocycles. The second-order valence-corrected chi connectivity index (χ2v) is 4.64. The van der Waals surface area contributed by atoms with Gasteiger partial charge in [-0.15, -0.1) is 11.3 Å². The molecular weight excluding hydrogens is 258 g/mol. The van der Waals surface area contributed by atoms with Gasteiger partial charge in [0.1, 0.15) is 5.01 Å². The quantitative estimate of drug-likeness (QED) is 0.829. The number of hydrogen-bond donors (Lipinski definition) is 2. The minimum Gasteiger partial charge on any atom is -0.345 e. The van der Waals surface area contributed by atoms with Gasteiger partial charge in [0.05, 0.1) is 18.7 Å². The lowest BCUT2D eigenvalue weighted by molar-refractivity contribution is 0.0950. The predicted octanol–water partition coefficient (Wildman–Crippen LogP) is 1.38. The summed E-state index contributed by atoms with van der Waals surface area (Å²) in [5.41, 5.74) is 6.58. The number of nitrogens with one attached hydrogen (secondary N) is 1. The van der Waals surface area contributed by atoms with Gasteiger partial charge in [0, 0.05) is 17.1 Å². The Morgan fingerprint density at radius 3 is 3.00 bits per heavy atom. The minimum atomic E-state index is -0.155. The standard InChI is InChI=1S/C14H13N3OS/c15-7-3-5-11-4-1-2-6-12(11)14(18)17-10-13-16-8-9-19-13/h1-2,4,6,8-9H,7,10,15H2,(H,17,18). The molecule has 0 radical (unpaired) electrons. The zero-order chi connectivity index (χ0) is 13.5. The molecule has 5 heteroatoms. The second-order valence-electron chi connectivity index (χ2n) is 3.66. The maximum atomic E-state index is 12.1. The van der Waals surface area contributed by atoms with E-state index in [9.17, 15) is 4.79 Å². The summed E-state index contributed by atoms with van der Waals surface area (Å²) in [6.45, 7) is 0.699. The molecule has 1 aromatic heterocycles. The molecular formula is C14H13N3OS. The maximum Gasteiger partial charge on any atom is 0.252 e. The Labute approximate surface area is 115 Å². The molecule has 2 rings (SSSR count). The number of nitrogens with zero attached hydrogens (tertiary/aromatic N) is 1. The summed E-state index contributed by atoms with van der Waals surface area (Å²) >= 11 is 1.51. The van der Waals surface area contributed by atoms with Crippen LogP contribution in [0.5, 0.6) is 0 Å². The van der Waals surface area contributed by atoms with E-state index < -0.39 is 0 Å². The topological polar surface area (TPSA) is 68.0 Å². The van der Waals surface area contributed by atoms with Gasteiger partial charge in [-0.05, 0) is 12.1 Å². The van der Waals surface area contributed by atoms with Crippen LogP contribution in [0, 0.1) is 11.8 Å². The summed E-state index contributed by atoms with van der Waals surface area (Å²) in [4.78, 5) is 16.2. The lowest BCUT2D eigenvalue weighted by atomic mass is 10.1. The highest BCUT2D eigenvalue weighted by Crippen LogP contribution is 2.08. The molecule has 0 bridgehead atoms. The summed E-state index contributed by atoms with van der Waals surface area (Å²) in [6, 6.07) is 7.21. The molecule has 96 valence electrons. The Bertz CT molecular complexity index is 611. The smallest absolute Gasteiger partial charge is 0.252 e. The van der Waals surface area contributed by atoms with Crippen LogP contribution in [0.4, 0.5) is 0 Å². The molecule has 0 atom stereocenters. The third kappa shape index (κ3) is 3.65. The molecule has 2 aromatic rings. The Morgan fingerprint density at radius 1 is 1.42 bits per heavy atom. The molecule has 0 fully saturated rings. The fraction of sp³-hybridized carbons (Fsp3) is 0.143. The van der Waals surface area contributed by atoms with Crippen LogP contribution in [0.25, 0.3) is 0 Å². The van der Waals surface area contributed by atoms with Crippen molar-refractivity contribution in [2.75, 3.05) is 6.54 Å². The zero-order valence-electron chi connectivity index (χ0n) is 10.2. The highest BCUT2D eigenvalue weighted by molar-refractivity contribution is 7.09. The van der Waals surface area contributed by atoms with Crippen molar-refractivity contribution in [3.05, 3.63) is 52.0 Å². The predicted molar refractivity (Wildman–Crippen MR) is 75.7 cm³/mol. The lowest BCUT2D eigenvalue weighted by Gasteiger charge is -2.05. The SMILES string of the molecule is NCC#Cc1ccccc1C(=O)NCc1nccs1. The number of amides is 1. The second kappa shape index (κ2) is 6.69. The summed E-state index contributed by atoms with van der Waals surface area (Å²) < 4.78 is 0. The fourth-order valence-corrected chi connectivity index (χ4v) is 2.08. The highest BCUT2D eigenvalue weighted by Gasteiger charge is 2.09. The van der Waals surface area contributed by atoms with E-state index in [4.69, 9.17) is 5.73 Å². The van der Waals surface area contributed by atoms with Crippen LogP contribution in [0.1, 0.15) is 20.9 Å². The molecule has 1 aromatic carbocycles. The monoisotopic (exact) mass is 271 g/mol. The first-order chi connectivity index (χ1) is 9.31. The van der Waals surface area contributed by atoms with E-state index in [0.717, 1.165) is 5.01 Å². The van der Waals surface area contributed by atoms with Crippen LogP contribution in [-0.2, 0) is 6.54 Å². The normalized spacial score (nSPS) is 9.53. The molecule has 1 heterocycles. The molecule has 0 aliphatic rings. The highest BCUT2D eigenvalue weighted by atomic mass is 32.1. The van der Waals surface area contributed by atoms with Gasteiger partial charge in [0.25, 0.3) is 5.91 Å². The maximum absolute atomic E-state index is 12.1.